The van der Waals surface area contributed by atoms with Gasteiger partial charge in [-0.25, -0.2) is 4.79 Å². The SMILES string of the molecule is O=C(O)c1c(C(F)(F)F)c2ccccc2n1Cc1ccccc1. The highest BCUT2D eigenvalue weighted by Crippen LogP contribution is 2.39. The zero-order chi connectivity index (χ0) is 16.6. The smallest absolute Gasteiger partial charge is 0.419 e. The molecule has 0 aliphatic heterocycles. The van der Waals surface area contributed by atoms with Crippen LogP contribution in [0, 0.1) is 0 Å². The summed E-state index contributed by atoms with van der Waals surface area (Å²) < 4.78 is 41.4. The Bertz CT molecular complexity index is 867. The number of hydrogen-bond acceptors (Lipinski definition) is 1. The number of halogens is 3. The molecule has 0 aliphatic carbocycles. The second-order valence-corrected chi connectivity index (χ2v) is 5.12. The van der Waals surface area contributed by atoms with Crippen molar-refractivity contribution >= 4 is 16.9 Å². The number of hydrogen-bond donors (Lipinski definition) is 1. The highest BCUT2D eigenvalue weighted by atomic mass is 19.4. The van der Waals surface area contributed by atoms with Crippen molar-refractivity contribution in [1.29, 1.82) is 0 Å². The van der Waals surface area contributed by atoms with Crippen LogP contribution < -0.4 is 0 Å². The lowest BCUT2D eigenvalue weighted by molar-refractivity contribution is -0.136. The summed E-state index contributed by atoms with van der Waals surface area (Å²) >= 11 is 0. The van der Waals surface area contributed by atoms with Gasteiger partial charge in [0.2, 0.25) is 0 Å². The monoisotopic (exact) mass is 319 g/mol. The average molecular weight is 319 g/mol. The van der Waals surface area contributed by atoms with E-state index in [9.17, 15) is 23.1 Å². The number of carboxylic acids is 1. The number of benzene rings is 2. The molecule has 0 bridgehead atoms. The van der Waals surface area contributed by atoms with E-state index in [0.29, 0.717) is 0 Å². The van der Waals surface area contributed by atoms with E-state index in [1.165, 1.54) is 22.8 Å². The summed E-state index contributed by atoms with van der Waals surface area (Å²) in [6.07, 6.45) is -4.74. The molecule has 1 heterocycles. The Kier molecular flexibility index (Phi) is 3.60. The maximum absolute atomic E-state index is 13.4. The first-order chi connectivity index (χ1) is 10.9. The second kappa shape index (κ2) is 5.46. The molecule has 0 spiro atoms. The molecule has 3 nitrogen and oxygen atoms in total. The largest absolute Gasteiger partial charge is 0.477 e. The molecule has 23 heavy (non-hydrogen) atoms. The molecule has 3 rings (SSSR count). The van der Waals surface area contributed by atoms with Crippen LogP contribution in [0.2, 0.25) is 0 Å². The Balaban J connectivity index is 2.32. The van der Waals surface area contributed by atoms with Gasteiger partial charge in [0.15, 0.2) is 0 Å². The van der Waals surface area contributed by atoms with Crippen molar-refractivity contribution in [2.45, 2.75) is 12.7 Å². The van der Waals surface area contributed by atoms with Crippen molar-refractivity contribution in [3.05, 3.63) is 71.4 Å². The molecule has 1 aromatic heterocycles. The number of carbonyl (C=O) groups is 1. The lowest BCUT2D eigenvalue weighted by atomic mass is 10.1. The summed E-state index contributed by atoms with van der Waals surface area (Å²) in [7, 11) is 0. The molecule has 1 N–H and O–H groups in total. The molecule has 0 atom stereocenters. The van der Waals surface area contributed by atoms with Crippen molar-refractivity contribution in [2.24, 2.45) is 0 Å². The molecule has 0 unspecified atom stereocenters. The molecular weight excluding hydrogens is 307 g/mol. The lowest BCUT2D eigenvalue weighted by Crippen LogP contribution is -2.16. The van der Waals surface area contributed by atoms with Gasteiger partial charge in [-0.3, -0.25) is 0 Å². The van der Waals surface area contributed by atoms with Crippen LogP contribution in [0.3, 0.4) is 0 Å². The van der Waals surface area contributed by atoms with Crippen molar-refractivity contribution < 1.29 is 23.1 Å². The minimum Gasteiger partial charge on any atom is -0.477 e. The topological polar surface area (TPSA) is 42.2 Å². The standard InChI is InChI=1S/C17H12F3NO2/c18-17(19,20)14-12-8-4-5-9-13(12)21(15(14)16(22)23)10-11-6-2-1-3-7-11/h1-9H,10H2,(H,22,23). The zero-order valence-electron chi connectivity index (χ0n) is 11.8. The number of nitrogens with zero attached hydrogens (tertiary/aromatic N) is 1. The number of aromatic carboxylic acids is 1. The van der Waals surface area contributed by atoms with Crippen molar-refractivity contribution in [3.8, 4) is 0 Å². The van der Waals surface area contributed by atoms with Crippen molar-refractivity contribution in [3.63, 3.8) is 0 Å². The number of rotatable bonds is 3. The summed E-state index contributed by atoms with van der Waals surface area (Å²) in [5.74, 6) is -1.59. The van der Waals surface area contributed by atoms with Crippen LogP contribution in [0.5, 0.6) is 0 Å². The molecule has 2 aromatic carbocycles. The molecule has 0 amide bonds. The summed E-state index contributed by atoms with van der Waals surface area (Å²) in [6, 6.07) is 14.6. The number of para-hydroxylation sites is 1. The first-order valence-corrected chi connectivity index (χ1v) is 6.85. The quantitative estimate of drug-likeness (QED) is 0.777. The Labute approximate surface area is 129 Å². The van der Waals surface area contributed by atoms with Crippen molar-refractivity contribution in [1.82, 2.24) is 4.57 Å². The van der Waals surface area contributed by atoms with E-state index in [1.54, 1.807) is 36.4 Å². The van der Waals surface area contributed by atoms with Gasteiger partial charge in [-0.2, -0.15) is 13.2 Å². The molecule has 3 aromatic rings. The van der Waals surface area contributed by atoms with Crippen LogP contribution in [0.15, 0.2) is 54.6 Å². The third-order valence-corrected chi connectivity index (χ3v) is 3.64. The number of aromatic nitrogens is 1. The molecule has 6 heteroatoms. The van der Waals surface area contributed by atoms with Gasteiger partial charge < -0.3 is 9.67 Å². The van der Waals surface area contributed by atoms with Gasteiger partial charge in [-0.15, -0.1) is 0 Å². The van der Waals surface area contributed by atoms with Gasteiger partial charge >= 0.3 is 12.1 Å². The predicted octanol–water partition coefficient (Wildman–Crippen LogP) is 4.41. The molecule has 0 saturated carbocycles. The molecule has 0 fully saturated rings. The van der Waals surface area contributed by atoms with E-state index >= 15 is 0 Å². The fourth-order valence-electron chi connectivity index (χ4n) is 2.74. The zero-order valence-corrected chi connectivity index (χ0v) is 11.8. The Morgan fingerprint density at radius 3 is 2.22 bits per heavy atom. The summed E-state index contributed by atoms with van der Waals surface area (Å²) in [5.41, 5.74) is -0.857. The second-order valence-electron chi connectivity index (χ2n) is 5.12. The van der Waals surface area contributed by atoms with Gasteiger partial charge in [0.1, 0.15) is 5.69 Å². The number of fused-ring (bicyclic) bond motifs is 1. The van der Waals surface area contributed by atoms with E-state index in [-0.39, 0.29) is 17.4 Å². The highest BCUT2D eigenvalue weighted by molar-refractivity contribution is 5.98. The van der Waals surface area contributed by atoms with Gasteiger partial charge in [0, 0.05) is 17.4 Å². The average Bonchev–Trinajstić information content (AvgIpc) is 2.83. The lowest BCUT2D eigenvalue weighted by Gasteiger charge is -2.10. The maximum atomic E-state index is 13.4. The summed E-state index contributed by atoms with van der Waals surface area (Å²) in [6.45, 7) is 0.0546. The van der Waals surface area contributed by atoms with Gasteiger partial charge in [-0.1, -0.05) is 48.5 Å². The van der Waals surface area contributed by atoms with Crippen LogP contribution in [0.4, 0.5) is 13.2 Å². The first kappa shape index (κ1) is 15.1. The molecule has 0 saturated heterocycles. The van der Waals surface area contributed by atoms with Gasteiger partial charge in [-0.05, 0) is 11.6 Å². The molecular formula is C17H12F3NO2. The van der Waals surface area contributed by atoms with E-state index in [2.05, 4.69) is 0 Å². The summed E-state index contributed by atoms with van der Waals surface area (Å²) in [5, 5.41) is 9.26. The Morgan fingerprint density at radius 1 is 1.00 bits per heavy atom. The number of carboxylic acid groups (broad SMARTS) is 1. The van der Waals surface area contributed by atoms with Crippen LogP contribution in [0.25, 0.3) is 10.9 Å². The van der Waals surface area contributed by atoms with Crippen LogP contribution >= 0.6 is 0 Å². The predicted molar refractivity (Wildman–Crippen MR) is 79.4 cm³/mol. The van der Waals surface area contributed by atoms with Crippen LogP contribution in [-0.2, 0) is 12.7 Å². The molecule has 0 radical (unpaired) electrons. The Morgan fingerprint density at radius 2 is 1.61 bits per heavy atom. The third kappa shape index (κ3) is 2.67. The van der Waals surface area contributed by atoms with Crippen molar-refractivity contribution in [2.75, 3.05) is 0 Å². The van der Waals surface area contributed by atoms with E-state index in [1.807, 2.05) is 0 Å². The highest BCUT2D eigenvalue weighted by Gasteiger charge is 2.40. The fourth-order valence-corrected chi connectivity index (χ4v) is 2.74. The summed E-state index contributed by atoms with van der Waals surface area (Å²) in [4.78, 5) is 11.5. The first-order valence-electron chi connectivity index (χ1n) is 6.85. The normalized spacial score (nSPS) is 11.8. The third-order valence-electron chi connectivity index (χ3n) is 3.64. The van der Waals surface area contributed by atoms with E-state index in [4.69, 9.17) is 0 Å². The van der Waals surface area contributed by atoms with Crippen LogP contribution in [0.1, 0.15) is 21.6 Å². The molecule has 118 valence electrons. The Hall–Kier alpha value is -2.76. The molecule has 0 aliphatic rings. The fraction of sp³-hybridized carbons (Fsp3) is 0.118. The minimum absolute atomic E-state index is 0.0546. The van der Waals surface area contributed by atoms with Crippen LogP contribution in [-0.4, -0.2) is 15.6 Å². The maximum Gasteiger partial charge on any atom is 0.419 e. The van der Waals surface area contributed by atoms with Gasteiger partial charge in [0.05, 0.1) is 5.56 Å². The van der Waals surface area contributed by atoms with E-state index < -0.39 is 23.4 Å². The number of alkyl halides is 3. The van der Waals surface area contributed by atoms with Gasteiger partial charge in [0.25, 0.3) is 0 Å². The van der Waals surface area contributed by atoms with E-state index in [0.717, 1.165) is 5.56 Å². The minimum atomic E-state index is -4.74.